The average molecular weight is 509 g/mol. The number of hydrogen-bond donors (Lipinski definition) is 0. The van der Waals surface area contributed by atoms with E-state index >= 15 is 0 Å². The third-order valence-corrected chi connectivity index (χ3v) is 7.50. The molecule has 2 heterocycles. The summed E-state index contributed by atoms with van der Waals surface area (Å²) in [5, 5.41) is 2.08. The number of amides is 2. The van der Waals surface area contributed by atoms with E-state index in [-0.39, 0.29) is 30.4 Å². The van der Waals surface area contributed by atoms with E-state index in [0.717, 1.165) is 23.3 Å². The molecule has 1 aliphatic rings. The van der Waals surface area contributed by atoms with Gasteiger partial charge in [0.2, 0.25) is 5.91 Å². The molecule has 1 atom stereocenters. The van der Waals surface area contributed by atoms with Gasteiger partial charge in [0.15, 0.2) is 0 Å². The number of nitrogens with zero attached hydrogens (tertiary/aromatic N) is 2. The van der Waals surface area contributed by atoms with Crippen molar-refractivity contribution < 1.29 is 23.8 Å². The van der Waals surface area contributed by atoms with Gasteiger partial charge in [-0.2, -0.15) is 0 Å². The summed E-state index contributed by atoms with van der Waals surface area (Å²) >= 11 is 1.72. The summed E-state index contributed by atoms with van der Waals surface area (Å²) in [5.41, 5.74) is 2.58. The third kappa shape index (κ3) is 5.18. The van der Waals surface area contributed by atoms with E-state index in [4.69, 9.17) is 14.2 Å². The minimum Gasteiger partial charge on any atom is -0.497 e. The lowest BCUT2D eigenvalue weighted by atomic mass is 9.93. The van der Waals surface area contributed by atoms with Crippen molar-refractivity contribution >= 4 is 23.2 Å². The van der Waals surface area contributed by atoms with Crippen LogP contribution < -0.4 is 14.2 Å². The molecule has 3 aromatic rings. The molecule has 0 fully saturated rings. The molecule has 0 saturated carbocycles. The molecule has 1 unspecified atom stereocenters. The second-order valence-corrected chi connectivity index (χ2v) is 9.94. The van der Waals surface area contributed by atoms with Gasteiger partial charge in [-0.05, 0) is 67.1 Å². The van der Waals surface area contributed by atoms with Crippen LogP contribution in [0.2, 0.25) is 0 Å². The number of ether oxygens (including phenoxy) is 3. The molecule has 1 aliphatic heterocycles. The number of thiophene rings is 1. The molecular weight excluding hydrogens is 476 g/mol. The van der Waals surface area contributed by atoms with Gasteiger partial charge in [0, 0.05) is 29.1 Å². The van der Waals surface area contributed by atoms with Crippen molar-refractivity contribution in [2.24, 2.45) is 0 Å². The van der Waals surface area contributed by atoms with Gasteiger partial charge in [0.25, 0.3) is 5.91 Å². The summed E-state index contributed by atoms with van der Waals surface area (Å²) < 4.78 is 16.0. The Kier molecular flexibility index (Phi) is 7.84. The van der Waals surface area contributed by atoms with Gasteiger partial charge < -0.3 is 24.0 Å². The van der Waals surface area contributed by atoms with Crippen LogP contribution in [0.25, 0.3) is 0 Å². The summed E-state index contributed by atoms with van der Waals surface area (Å²) in [6.45, 7) is 4.39. The van der Waals surface area contributed by atoms with Crippen molar-refractivity contribution in [2.45, 2.75) is 32.4 Å². The molecule has 0 N–H and O–H groups in total. The van der Waals surface area contributed by atoms with Crippen molar-refractivity contribution in [2.75, 3.05) is 34.4 Å². The number of hydrogen-bond acceptors (Lipinski definition) is 6. The number of benzene rings is 2. The van der Waals surface area contributed by atoms with Gasteiger partial charge in [0.05, 0.1) is 27.4 Å². The van der Waals surface area contributed by atoms with Gasteiger partial charge in [-0.25, -0.2) is 0 Å². The molecule has 0 saturated heterocycles. The smallest absolute Gasteiger partial charge is 0.254 e. The van der Waals surface area contributed by atoms with Crippen LogP contribution in [0, 0.1) is 0 Å². The maximum Gasteiger partial charge on any atom is 0.254 e. The van der Waals surface area contributed by atoms with Crippen LogP contribution in [0.5, 0.6) is 17.2 Å². The summed E-state index contributed by atoms with van der Waals surface area (Å²) in [7, 11) is 4.72. The van der Waals surface area contributed by atoms with Crippen LogP contribution in [0.15, 0.2) is 53.9 Å². The first kappa shape index (κ1) is 25.6. The van der Waals surface area contributed by atoms with Crippen molar-refractivity contribution in [1.29, 1.82) is 0 Å². The first-order valence-electron chi connectivity index (χ1n) is 11.9. The Labute approximate surface area is 216 Å². The van der Waals surface area contributed by atoms with Crippen molar-refractivity contribution in [3.63, 3.8) is 0 Å². The van der Waals surface area contributed by atoms with Gasteiger partial charge in [-0.15, -0.1) is 11.3 Å². The highest BCUT2D eigenvalue weighted by Gasteiger charge is 2.34. The lowest BCUT2D eigenvalue weighted by Crippen LogP contribution is -2.48. The van der Waals surface area contributed by atoms with Crippen molar-refractivity contribution in [3.05, 3.63) is 75.5 Å². The average Bonchev–Trinajstić information content (AvgIpc) is 3.39. The minimum atomic E-state index is -0.246. The molecule has 0 bridgehead atoms. The van der Waals surface area contributed by atoms with Crippen molar-refractivity contribution in [1.82, 2.24) is 9.80 Å². The van der Waals surface area contributed by atoms with Gasteiger partial charge in [-0.3, -0.25) is 9.59 Å². The van der Waals surface area contributed by atoms with Crippen LogP contribution in [-0.4, -0.2) is 62.1 Å². The largest absolute Gasteiger partial charge is 0.497 e. The van der Waals surface area contributed by atoms with E-state index in [1.54, 1.807) is 55.8 Å². The number of carbonyl (C=O) groups is 2. The molecule has 2 aromatic carbocycles. The van der Waals surface area contributed by atoms with Gasteiger partial charge >= 0.3 is 0 Å². The second-order valence-electron chi connectivity index (χ2n) is 8.94. The Morgan fingerprint density at radius 3 is 2.19 bits per heavy atom. The Morgan fingerprint density at radius 2 is 1.61 bits per heavy atom. The zero-order valence-corrected chi connectivity index (χ0v) is 22.1. The normalized spacial score (nSPS) is 14.8. The fourth-order valence-corrected chi connectivity index (χ4v) is 5.46. The van der Waals surface area contributed by atoms with Gasteiger partial charge in [-0.1, -0.05) is 12.1 Å². The first-order chi connectivity index (χ1) is 17.4. The van der Waals surface area contributed by atoms with E-state index in [1.807, 2.05) is 43.0 Å². The molecule has 0 aliphatic carbocycles. The molecule has 1 aromatic heterocycles. The summed E-state index contributed by atoms with van der Waals surface area (Å²) in [4.78, 5) is 32.1. The van der Waals surface area contributed by atoms with E-state index in [1.165, 1.54) is 4.88 Å². The number of carbonyl (C=O) groups excluding carboxylic acids is 2. The maximum absolute atomic E-state index is 13.8. The Hall–Kier alpha value is -3.52. The highest BCUT2D eigenvalue weighted by atomic mass is 32.1. The van der Waals surface area contributed by atoms with E-state index in [9.17, 15) is 9.59 Å². The summed E-state index contributed by atoms with van der Waals surface area (Å²) in [5.74, 6) is 1.47. The van der Waals surface area contributed by atoms with Crippen LogP contribution in [-0.2, 0) is 11.2 Å². The Balaban J connectivity index is 1.63. The molecule has 36 heavy (non-hydrogen) atoms. The molecule has 0 radical (unpaired) electrons. The predicted molar refractivity (Wildman–Crippen MR) is 140 cm³/mol. The standard InChI is InChI=1S/C28H32N2O5S/c1-18(2)30(28(32)20-14-22(34-4)16-23(15-20)35-5)17-26(31)29-12-10-25-24(11-13-36-25)27(29)19-6-8-21(33-3)9-7-19/h6-9,11,13-16,18,27H,10,12,17H2,1-5H3. The fraction of sp³-hybridized carbons (Fsp3) is 0.357. The molecule has 2 amide bonds. The number of methoxy groups -OCH3 is 3. The molecule has 0 spiro atoms. The second kappa shape index (κ2) is 11.0. The van der Waals surface area contributed by atoms with E-state index in [0.29, 0.717) is 23.6 Å². The quantitative estimate of drug-likeness (QED) is 0.437. The third-order valence-electron chi connectivity index (χ3n) is 6.51. The predicted octanol–water partition coefficient (Wildman–Crippen LogP) is 4.80. The Bertz CT molecular complexity index is 1200. The van der Waals surface area contributed by atoms with Crippen LogP contribution in [0.3, 0.4) is 0 Å². The first-order valence-corrected chi connectivity index (χ1v) is 12.8. The van der Waals surface area contributed by atoms with E-state index < -0.39 is 0 Å². The zero-order valence-electron chi connectivity index (χ0n) is 21.3. The molecule has 4 rings (SSSR count). The van der Waals surface area contributed by atoms with Crippen LogP contribution >= 0.6 is 11.3 Å². The number of rotatable bonds is 8. The van der Waals surface area contributed by atoms with Gasteiger partial charge in [0.1, 0.15) is 23.8 Å². The molecule has 7 nitrogen and oxygen atoms in total. The highest BCUT2D eigenvalue weighted by Crippen LogP contribution is 2.38. The topological polar surface area (TPSA) is 68.3 Å². The zero-order chi connectivity index (χ0) is 25.8. The van der Waals surface area contributed by atoms with Crippen molar-refractivity contribution in [3.8, 4) is 17.2 Å². The minimum absolute atomic E-state index is 0.0256. The lowest BCUT2D eigenvalue weighted by molar-refractivity contribution is -0.134. The summed E-state index contributed by atoms with van der Waals surface area (Å²) in [6.07, 6.45) is 0.800. The van der Waals surface area contributed by atoms with Crippen LogP contribution in [0.1, 0.15) is 46.3 Å². The number of fused-ring (bicyclic) bond motifs is 1. The summed E-state index contributed by atoms with van der Waals surface area (Å²) in [6, 6.07) is 14.6. The SMILES string of the molecule is COc1ccc(C2c3ccsc3CCN2C(=O)CN(C(=O)c2cc(OC)cc(OC)c2)C(C)C)cc1. The molecule has 190 valence electrons. The van der Waals surface area contributed by atoms with Crippen LogP contribution in [0.4, 0.5) is 0 Å². The highest BCUT2D eigenvalue weighted by molar-refractivity contribution is 7.10. The molecular formula is C28H32N2O5S. The lowest BCUT2D eigenvalue weighted by Gasteiger charge is -2.38. The Morgan fingerprint density at radius 1 is 0.972 bits per heavy atom. The molecule has 8 heteroatoms. The monoisotopic (exact) mass is 508 g/mol. The maximum atomic E-state index is 13.8. The van der Waals surface area contributed by atoms with E-state index in [2.05, 4.69) is 11.4 Å². The fourth-order valence-electron chi connectivity index (χ4n) is 4.55.